The zero-order chi connectivity index (χ0) is 18.7. The van der Waals surface area contributed by atoms with E-state index in [4.69, 9.17) is 4.74 Å². The van der Waals surface area contributed by atoms with Gasteiger partial charge in [0.05, 0.1) is 17.6 Å². The number of carbonyl (C=O) groups excluding carboxylic acids is 2. The largest absolute Gasteiger partial charge is 0.484 e. The average molecular weight is 352 g/mol. The van der Waals surface area contributed by atoms with E-state index in [1.54, 1.807) is 35.1 Å². The molecule has 3 aromatic rings. The number of amides is 1. The number of anilines is 1. The number of ketones is 1. The lowest BCUT2D eigenvalue weighted by Gasteiger charge is -2.08. The third kappa shape index (κ3) is 3.72. The van der Waals surface area contributed by atoms with Gasteiger partial charge in [0.25, 0.3) is 5.91 Å². The third-order valence-corrected chi connectivity index (χ3v) is 4.01. The SMILES string of the molecule is CCC(=O)c1ccc(OCC(=O)Nc2cnc3c(c2)c(C)nn3C)cc1. The van der Waals surface area contributed by atoms with Gasteiger partial charge < -0.3 is 10.1 Å². The molecule has 2 aromatic heterocycles. The molecule has 3 rings (SSSR count). The molecule has 0 bridgehead atoms. The standard InChI is InChI=1S/C19H20N4O3/c1-4-17(24)13-5-7-15(8-6-13)26-11-18(25)21-14-9-16-12(2)22-23(3)19(16)20-10-14/h5-10H,4,11H2,1-3H3,(H,21,25). The second-order valence-electron chi connectivity index (χ2n) is 5.94. The number of aryl methyl sites for hydroxylation is 2. The van der Waals surface area contributed by atoms with Crippen LogP contribution in [0.4, 0.5) is 5.69 Å². The van der Waals surface area contributed by atoms with Crippen LogP contribution in [0.25, 0.3) is 11.0 Å². The summed E-state index contributed by atoms with van der Waals surface area (Å²) in [5, 5.41) is 7.96. The zero-order valence-electron chi connectivity index (χ0n) is 14.9. The van der Waals surface area contributed by atoms with Crippen molar-refractivity contribution in [3.8, 4) is 5.75 Å². The number of nitrogens with zero attached hydrogens (tertiary/aromatic N) is 3. The van der Waals surface area contributed by atoms with Crippen LogP contribution in [0.2, 0.25) is 0 Å². The molecular formula is C19H20N4O3. The van der Waals surface area contributed by atoms with Gasteiger partial charge >= 0.3 is 0 Å². The summed E-state index contributed by atoms with van der Waals surface area (Å²) in [6.45, 7) is 3.58. The molecule has 1 aromatic carbocycles. The smallest absolute Gasteiger partial charge is 0.262 e. The number of ether oxygens (including phenoxy) is 1. The van der Waals surface area contributed by atoms with Crippen molar-refractivity contribution in [3.05, 3.63) is 47.8 Å². The molecule has 0 atom stereocenters. The average Bonchev–Trinajstić information content (AvgIpc) is 2.93. The first-order valence-corrected chi connectivity index (χ1v) is 8.33. The number of carbonyl (C=O) groups is 2. The molecule has 0 spiro atoms. The minimum atomic E-state index is -0.290. The maximum absolute atomic E-state index is 12.1. The number of hydrogen-bond acceptors (Lipinski definition) is 5. The predicted octanol–water partition coefficient (Wildman–Crippen LogP) is 2.89. The van der Waals surface area contributed by atoms with Crippen molar-refractivity contribution in [1.82, 2.24) is 14.8 Å². The summed E-state index contributed by atoms with van der Waals surface area (Å²) >= 11 is 0. The third-order valence-electron chi connectivity index (χ3n) is 4.01. The summed E-state index contributed by atoms with van der Waals surface area (Å²) < 4.78 is 7.16. The van der Waals surface area contributed by atoms with Crippen LogP contribution in [0.1, 0.15) is 29.4 Å². The van der Waals surface area contributed by atoms with E-state index in [9.17, 15) is 9.59 Å². The summed E-state index contributed by atoms with van der Waals surface area (Å²) in [4.78, 5) is 28.0. The lowest BCUT2D eigenvalue weighted by molar-refractivity contribution is -0.118. The van der Waals surface area contributed by atoms with Crippen LogP contribution in [0.15, 0.2) is 36.5 Å². The Kier molecular flexibility index (Phi) is 4.97. The van der Waals surface area contributed by atoms with Gasteiger partial charge in [-0.1, -0.05) is 6.92 Å². The Morgan fingerprint density at radius 2 is 1.96 bits per heavy atom. The van der Waals surface area contributed by atoms with Crippen LogP contribution in [-0.2, 0) is 11.8 Å². The van der Waals surface area contributed by atoms with E-state index in [1.807, 2.05) is 27.0 Å². The van der Waals surface area contributed by atoms with E-state index in [1.165, 1.54) is 0 Å². The van der Waals surface area contributed by atoms with Crippen molar-refractivity contribution >= 4 is 28.4 Å². The lowest BCUT2D eigenvalue weighted by Crippen LogP contribution is -2.20. The topological polar surface area (TPSA) is 86.1 Å². The van der Waals surface area contributed by atoms with Crippen molar-refractivity contribution in [2.75, 3.05) is 11.9 Å². The van der Waals surface area contributed by atoms with Gasteiger partial charge in [-0.3, -0.25) is 14.3 Å². The number of nitrogens with one attached hydrogen (secondary N) is 1. The lowest BCUT2D eigenvalue weighted by atomic mass is 10.1. The monoisotopic (exact) mass is 352 g/mol. The van der Waals surface area contributed by atoms with E-state index in [-0.39, 0.29) is 18.3 Å². The molecule has 0 fully saturated rings. The number of benzene rings is 1. The quantitative estimate of drug-likeness (QED) is 0.690. The number of Topliss-reactive ketones (excluding diaryl/α,β-unsaturated/α-hetero) is 1. The van der Waals surface area contributed by atoms with Crippen molar-refractivity contribution in [3.63, 3.8) is 0 Å². The Morgan fingerprint density at radius 3 is 2.65 bits per heavy atom. The van der Waals surface area contributed by atoms with E-state index in [0.717, 1.165) is 16.7 Å². The van der Waals surface area contributed by atoms with Crippen LogP contribution in [0.5, 0.6) is 5.75 Å². The fourth-order valence-electron chi connectivity index (χ4n) is 2.66. The highest BCUT2D eigenvalue weighted by molar-refractivity contribution is 5.96. The number of fused-ring (bicyclic) bond motifs is 1. The van der Waals surface area contributed by atoms with Crippen molar-refractivity contribution in [1.29, 1.82) is 0 Å². The van der Waals surface area contributed by atoms with Gasteiger partial charge in [-0.05, 0) is 37.3 Å². The van der Waals surface area contributed by atoms with Gasteiger partial charge in [0.2, 0.25) is 0 Å². The van der Waals surface area contributed by atoms with Crippen LogP contribution in [-0.4, -0.2) is 33.1 Å². The van der Waals surface area contributed by atoms with Gasteiger partial charge in [-0.2, -0.15) is 5.10 Å². The summed E-state index contributed by atoms with van der Waals surface area (Å²) in [7, 11) is 1.83. The molecule has 1 amide bonds. The Bertz CT molecular complexity index is 961. The van der Waals surface area contributed by atoms with E-state index in [0.29, 0.717) is 23.4 Å². The molecule has 0 aliphatic carbocycles. The Morgan fingerprint density at radius 1 is 1.23 bits per heavy atom. The van der Waals surface area contributed by atoms with Gasteiger partial charge in [0.1, 0.15) is 5.75 Å². The zero-order valence-corrected chi connectivity index (χ0v) is 14.9. The minimum absolute atomic E-state index is 0.0721. The maximum atomic E-state index is 12.1. The maximum Gasteiger partial charge on any atom is 0.262 e. The molecule has 0 aliphatic heterocycles. The number of pyridine rings is 1. The minimum Gasteiger partial charge on any atom is -0.484 e. The van der Waals surface area contributed by atoms with Crippen LogP contribution in [0, 0.1) is 6.92 Å². The molecule has 134 valence electrons. The van der Waals surface area contributed by atoms with Crippen LogP contribution >= 0.6 is 0 Å². The summed E-state index contributed by atoms with van der Waals surface area (Å²) in [6.07, 6.45) is 2.05. The summed E-state index contributed by atoms with van der Waals surface area (Å²) in [5.41, 5.74) is 2.84. The predicted molar refractivity (Wildman–Crippen MR) is 98.4 cm³/mol. The molecule has 26 heavy (non-hydrogen) atoms. The molecule has 0 unspecified atom stereocenters. The second-order valence-corrected chi connectivity index (χ2v) is 5.94. The highest BCUT2D eigenvalue weighted by atomic mass is 16.5. The Balaban J connectivity index is 1.60. The van der Waals surface area contributed by atoms with Gasteiger partial charge in [0.15, 0.2) is 18.0 Å². The van der Waals surface area contributed by atoms with E-state index in [2.05, 4.69) is 15.4 Å². The van der Waals surface area contributed by atoms with Gasteiger partial charge in [-0.15, -0.1) is 0 Å². The first-order valence-electron chi connectivity index (χ1n) is 8.33. The molecular weight excluding hydrogens is 332 g/mol. The van der Waals surface area contributed by atoms with Crippen LogP contribution in [0.3, 0.4) is 0 Å². The molecule has 0 saturated heterocycles. The second kappa shape index (κ2) is 7.35. The molecule has 7 heteroatoms. The molecule has 1 N–H and O–H groups in total. The van der Waals surface area contributed by atoms with Crippen molar-refractivity contribution in [2.24, 2.45) is 7.05 Å². The van der Waals surface area contributed by atoms with E-state index < -0.39 is 0 Å². The number of aromatic nitrogens is 3. The van der Waals surface area contributed by atoms with Crippen molar-refractivity contribution in [2.45, 2.75) is 20.3 Å². The van der Waals surface area contributed by atoms with Gasteiger partial charge in [-0.25, -0.2) is 4.98 Å². The molecule has 2 heterocycles. The van der Waals surface area contributed by atoms with Crippen molar-refractivity contribution < 1.29 is 14.3 Å². The number of rotatable bonds is 6. The highest BCUT2D eigenvalue weighted by Crippen LogP contribution is 2.19. The molecule has 0 saturated carbocycles. The van der Waals surface area contributed by atoms with Gasteiger partial charge in [0, 0.05) is 24.4 Å². The Hall–Kier alpha value is -3.22. The molecule has 0 radical (unpaired) electrons. The molecule has 0 aliphatic rings. The number of hydrogen-bond donors (Lipinski definition) is 1. The van der Waals surface area contributed by atoms with E-state index >= 15 is 0 Å². The van der Waals surface area contributed by atoms with Crippen LogP contribution < -0.4 is 10.1 Å². The molecule has 7 nitrogen and oxygen atoms in total. The fraction of sp³-hybridized carbons (Fsp3) is 0.263. The summed E-state index contributed by atoms with van der Waals surface area (Å²) in [5.74, 6) is 0.314. The first kappa shape index (κ1) is 17.6. The summed E-state index contributed by atoms with van der Waals surface area (Å²) in [6, 6.07) is 8.60. The Labute approximate surface area is 151 Å². The normalized spacial score (nSPS) is 10.7. The first-order chi connectivity index (χ1) is 12.5. The highest BCUT2D eigenvalue weighted by Gasteiger charge is 2.10. The fourth-order valence-corrected chi connectivity index (χ4v) is 2.66.